The Morgan fingerprint density at radius 3 is 1.71 bits per heavy atom. The highest BCUT2D eigenvalue weighted by Crippen LogP contribution is 2.43. The molecule has 51 heavy (non-hydrogen) atoms. The van der Waals surface area contributed by atoms with Crippen molar-refractivity contribution in [3.8, 4) is 0 Å². The van der Waals surface area contributed by atoms with Crippen molar-refractivity contribution in [3.05, 3.63) is 72.9 Å². The van der Waals surface area contributed by atoms with Crippen molar-refractivity contribution in [1.82, 2.24) is 0 Å². The fraction of sp³-hybridized carbons (Fsp3) is 0.690. The second-order valence-electron chi connectivity index (χ2n) is 13.9. The molecule has 0 amide bonds. The molecule has 294 valence electrons. The van der Waals surface area contributed by atoms with Crippen LogP contribution in [0.15, 0.2) is 72.9 Å². The van der Waals surface area contributed by atoms with Gasteiger partial charge in [0.2, 0.25) is 0 Å². The molecule has 0 fully saturated rings. The van der Waals surface area contributed by atoms with E-state index in [1.54, 1.807) is 0 Å². The predicted octanol–water partition coefficient (Wildman–Crippen LogP) is 11.2. The molecule has 0 aromatic heterocycles. The van der Waals surface area contributed by atoms with E-state index in [-0.39, 0.29) is 25.8 Å². The molecular weight excluding hydrogens is 661 g/mol. The SMILES string of the molecule is CC/C=C\C/C=C\C/C=C\C/C=C\CCCCCOCC(COP(=O)(O)OCC[N+](C)(C)C)OC(=O)CCCCCCC/C=C\C/C=C\CCC. The number of likely N-dealkylation sites (N-methyl/N-ethyl adjacent to an activating group) is 1. The third-order valence-electron chi connectivity index (χ3n) is 7.73. The van der Waals surface area contributed by atoms with Gasteiger partial charge in [0, 0.05) is 13.0 Å². The third-order valence-corrected chi connectivity index (χ3v) is 8.72. The lowest BCUT2D eigenvalue weighted by molar-refractivity contribution is -0.870. The Balaban J connectivity index is 4.39. The fourth-order valence-electron chi connectivity index (χ4n) is 4.70. The maximum absolute atomic E-state index is 12.6. The standard InChI is InChI=1S/C42H74NO7P/c1-6-8-10-12-14-16-18-20-21-22-24-26-28-30-32-34-37-47-39-41(40-49-51(45,46)48-38-36-43(3,4)5)50-42(44)35-33-31-29-27-25-23-19-17-15-13-11-9-7-2/h8,10-11,13-14,16-17,19-21,24,26,41H,6-7,9,12,15,18,22-23,25,27-40H2,1-5H3/p+1/b10-8-,13-11-,16-14-,19-17-,21-20-,26-24-. The summed E-state index contributed by atoms with van der Waals surface area (Å²) in [6.45, 7) is 5.31. The highest BCUT2D eigenvalue weighted by molar-refractivity contribution is 7.47. The second kappa shape index (κ2) is 35.0. The van der Waals surface area contributed by atoms with Crippen LogP contribution >= 0.6 is 7.82 Å². The number of hydrogen-bond donors (Lipinski definition) is 1. The molecule has 0 saturated heterocycles. The molecule has 0 aromatic carbocycles. The van der Waals surface area contributed by atoms with Gasteiger partial charge in [-0.25, -0.2) is 4.57 Å². The molecule has 0 aliphatic rings. The van der Waals surface area contributed by atoms with E-state index in [4.69, 9.17) is 18.5 Å². The first kappa shape index (κ1) is 48.9. The van der Waals surface area contributed by atoms with Crippen LogP contribution in [0, 0.1) is 0 Å². The van der Waals surface area contributed by atoms with Gasteiger partial charge in [-0.15, -0.1) is 0 Å². The van der Waals surface area contributed by atoms with Gasteiger partial charge in [-0.1, -0.05) is 119 Å². The highest BCUT2D eigenvalue weighted by Gasteiger charge is 2.26. The van der Waals surface area contributed by atoms with Gasteiger partial charge in [-0.2, -0.15) is 0 Å². The van der Waals surface area contributed by atoms with Gasteiger partial charge in [-0.05, 0) is 77.0 Å². The van der Waals surface area contributed by atoms with Crippen LogP contribution < -0.4 is 0 Å². The molecule has 0 aliphatic carbocycles. The van der Waals surface area contributed by atoms with Crippen molar-refractivity contribution in [2.24, 2.45) is 0 Å². The van der Waals surface area contributed by atoms with Gasteiger partial charge in [0.25, 0.3) is 0 Å². The van der Waals surface area contributed by atoms with Gasteiger partial charge >= 0.3 is 13.8 Å². The van der Waals surface area contributed by atoms with E-state index in [1.165, 1.54) is 6.42 Å². The molecule has 0 heterocycles. The summed E-state index contributed by atoms with van der Waals surface area (Å²) in [5.74, 6) is -0.345. The minimum absolute atomic E-state index is 0.0752. The van der Waals surface area contributed by atoms with Crippen LogP contribution in [0.3, 0.4) is 0 Å². The van der Waals surface area contributed by atoms with Crippen molar-refractivity contribution in [3.63, 3.8) is 0 Å². The van der Waals surface area contributed by atoms with Crippen LogP contribution in [-0.2, 0) is 27.9 Å². The summed E-state index contributed by atoms with van der Waals surface area (Å²) in [4.78, 5) is 22.8. The fourth-order valence-corrected chi connectivity index (χ4v) is 5.44. The Hall–Kier alpha value is -2.06. The Morgan fingerprint density at radius 2 is 1.14 bits per heavy atom. The molecule has 0 spiro atoms. The summed E-state index contributed by atoms with van der Waals surface area (Å²) in [5.41, 5.74) is 0. The zero-order chi connectivity index (χ0) is 37.7. The van der Waals surface area contributed by atoms with Gasteiger partial charge in [0.05, 0.1) is 34.4 Å². The maximum Gasteiger partial charge on any atom is 0.472 e. The number of hydrogen-bond acceptors (Lipinski definition) is 6. The lowest BCUT2D eigenvalue weighted by atomic mass is 10.1. The van der Waals surface area contributed by atoms with Gasteiger partial charge in [0.15, 0.2) is 0 Å². The number of phosphoric ester groups is 1. The van der Waals surface area contributed by atoms with Gasteiger partial charge < -0.3 is 18.9 Å². The van der Waals surface area contributed by atoms with E-state index in [2.05, 4.69) is 86.8 Å². The highest BCUT2D eigenvalue weighted by atomic mass is 31.2. The topological polar surface area (TPSA) is 91.3 Å². The average Bonchev–Trinajstić information content (AvgIpc) is 3.08. The number of carbonyl (C=O) groups excluding carboxylic acids is 1. The summed E-state index contributed by atoms with van der Waals surface area (Å²) in [6.07, 6.45) is 43.6. The average molecular weight is 737 g/mol. The molecular formula is C42H75NO7P+. The number of phosphoric acid groups is 1. The molecule has 1 N–H and O–H groups in total. The van der Waals surface area contributed by atoms with Crippen molar-refractivity contribution < 1.29 is 37.3 Å². The summed E-state index contributed by atoms with van der Waals surface area (Å²) in [7, 11) is 1.62. The minimum Gasteiger partial charge on any atom is -0.457 e. The van der Waals surface area contributed by atoms with E-state index in [9.17, 15) is 14.3 Å². The Morgan fingerprint density at radius 1 is 0.627 bits per heavy atom. The zero-order valence-corrected chi connectivity index (χ0v) is 34.0. The van der Waals surface area contributed by atoms with Gasteiger partial charge in [-0.3, -0.25) is 13.8 Å². The lowest BCUT2D eigenvalue weighted by Crippen LogP contribution is -2.37. The molecule has 0 saturated carbocycles. The predicted molar refractivity (Wildman–Crippen MR) is 215 cm³/mol. The molecule has 0 bridgehead atoms. The second-order valence-corrected chi connectivity index (χ2v) is 15.4. The van der Waals surface area contributed by atoms with E-state index in [0.29, 0.717) is 24.1 Å². The van der Waals surface area contributed by atoms with Crippen molar-refractivity contribution >= 4 is 13.8 Å². The lowest BCUT2D eigenvalue weighted by Gasteiger charge is -2.24. The first-order chi connectivity index (χ1) is 24.6. The van der Waals surface area contributed by atoms with Crippen LogP contribution in [0.25, 0.3) is 0 Å². The molecule has 0 rings (SSSR count). The van der Waals surface area contributed by atoms with E-state index in [0.717, 1.165) is 103 Å². The molecule has 0 aliphatic heterocycles. The van der Waals surface area contributed by atoms with Crippen LogP contribution in [0.5, 0.6) is 0 Å². The van der Waals surface area contributed by atoms with Crippen LogP contribution in [0.1, 0.15) is 129 Å². The summed E-state index contributed by atoms with van der Waals surface area (Å²) in [6, 6.07) is 0. The van der Waals surface area contributed by atoms with Crippen LogP contribution in [0.4, 0.5) is 0 Å². The smallest absolute Gasteiger partial charge is 0.457 e. The third kappa shape index (κ3) is 39.0. The normalized spacial score (nSPS) is 14.7. The number of quaternary nitrogens is 1. The molecule has 8 nitrogen and oxygen atoms in total. The number of nitrogens with zero attached hydrogens (tertiary/aromatic N) is 1. The van der Waals surface area contributed by atoms with Crippen LogP contribution in [-0.4, -0.2) is 75.6 Å². The van der Waals surface area contributed by atoms with Crippen molar-refractivity contribution in [2.45, 2.75) is 136 Å². The summed E-state index contributed by atoms with van der Waals surface area (Å²) >= 11 is 0. The van der Waals surface area contributed by atoms with Gasteiger partial charge in [0.1, 0.15) is 19.3 Å². The number of allylic oxidation sites excluding steroid dienone is 12. The summed E-state index contributed by atoms with van der Waals surface area (Å²) in [5, 5.41) is 0. The quantitative estimate of drug-likeness (QED) is 0.0228. The zero-order valence-electron chi connectivity index (χ0n) is 33.1. The summed E-state index contributed by atoms with van der Waals surface area (Å²) < 4.78 is 34.8. The Kier molecular flexibility index (Phi) is 33.6. The first-order valence-corrected chi connectivity index (χ1v) is 21.2. The maximum atomic E-state index is 12.6. The molecule has 9 heteroatoms. The number of rotatable bonds is 35. The minimum atomic E-state index is -4.29. The Bertz CT molecular complexity index is 1040. The number of unbranched alkanes of at least 4 members (excludes halogenated alkanes) is 9. The van der Waals surface area contributed by atoms with E-state index < -0.39 is 13.9 Å². The largest absolute Gasteiger partial charge is 0.472 e. The van der Waals surface area contributed by atoms with Crippen molar-refractivity contribution in [1.29, 1.82) is 0 Å². The number of esters is 1. The monoisotopic (exact) mass is 737 g/mol. The number of ether oxygens (including phenoxy) is 2. The Labute approximate surface area is 312 Å². The van der Waals surface area contributed by atoms with Crippen LogP contribution in [0.2, 0.25) is 0 Å². The number of carbonyl (C=O) groups is 1. The molecule has 2 unspecified atom stereocenters. The molecule has 0 radical (unpaired) electrons. The van der Waals surface area contributed by atoms with Crippen molar-refractivity contribution in [2.75, 3.05) is 54.1 Å². The van der Waals surface area contributed by atoms with E-state index >= 15 is 0 Å². The van der Waals surface area contributed by atoms with E-state index in [1.807, 2.05) is 21.1 Å². The first-order valence-electron chi connectivity index (χ1n) is 19.7. The molecule has 0 aromatic rings. The molecule has 2 atom stereocenters.